The van der Waals surface area contributed by atoms with E-state index in [1.165, 1.54) is 64.6 Å². The molecule has 106 valence electrons. The molecule has 0 amide bonds. The first-order valence-corrected chi connectivity index (χ1v) is 8.03. The van der Waals surface area contributed by atoms with Gasteiger partial charge in [-0.25, -0.2) is 0 Å². The minimum atomic E-state index is 0.488. The molecule has 1 aliphatic carbocycles. The first-order valence-electron chi connectivity index (χ1n) is 8.03. The maximum Gasteiger partial charge on any atom is 0.0156 e. The first kappa shape index (κ1) is 14.3. The van der Waals surface area contributed by atoms with Crippen molar-refractivity contribution in [2.75, 3.05) is 26.7 Å². The van der Waals surface area contributed by atoms with Crippen molar-refractivity contribution in [3.8, 4) is 0 Å². The van der Waals surface area contributed by atoms with Crippen molar-refractivity contribution in [3.05, 3.63) is 0 Å². The van der Waals surface area contributed by atoms with Gasteiger partial charge < -0.3 is 10.2 Å². The summed E-state index contributed by atoms with van der Waals surface area (Å²) >= 11 is 0. The van der Waals surface area contributed by atoms with Crippen LogP contribution in [0.5, 0.6) is 0 Å². The van der Waals surface area contributed by atoms with Crippen molar-refractivity contribution in [2.45, 2.75) is 64.8 Å². The SMILES string of the molecule is CNC1C(CN2CCCCCCC2)CCC1(C)C. The highest BCUT2D eigenvalue weighted by Gasteiger charge is 2.41. The Morgan fingerprint density at radius 2 is 1.67 bits per heavy atom. The van der Waals surface area contributed by atoms with E-state index in [9.17, 15) is 0 Å². The van der Waals surface area contributed by atoms with Gasteiger partial charge in [-0.3, -0.25) is 0 Å². The van der Waals surface area contributed by atoms with Gasteiger partial charge in [-0.15, -0.1) is 0 Å². The molecule has 2 rings (SSSR count). The van der Waals surface area contributed by atoms with Gasteiger partial charge in [-0.2, -0.15) is 0 Å². The van der Waals surface area contributed by atoms with E-state index in [0.717, 1.165) is 5.92 Å². The molecule has 2 aliphatic rings. The molecule has 2 nitrogen and oxygen atoms in total. The lowest BCUT2D eigenvalue weighted by atomic mass is 9.85. The molecule has 2 heteroatoms. The lowest BCUT2D eigenvalue weighted by molar-refractivity contribution is 0.178. The van der Waals surface area contributed by atoms with Gasteiger partial charge in [0.25, 0.3) is 0 Å². The fourth-order valence-electron chi connectivity index (χ4n) is 4.17. The summed E-state index contributed by atoms with van der Waals surface area (Å²) in [6, 6.07) is 0.711. The first-order chi connectivity index (χ1) is 8.63. The van der Waals surface area contributed by atoms with Crippen LogP contribution in [0.1, 0.15) is 58.8 Å². The number of nitrogens with zero attached hydrogens (tertiary/aromatic N) is 1. The summed E-state index contributed by atoms with van der Waals surface area (Å²) in [6.45, 7) is 8.87. The van der Waals surface area contributed by atoms with Crippen molar-refractivity contribution in [3.63, 3.8) is 0 Å². The lowest BCUT2D eigenvalue weighted by Gasteiger charge is -2.34. The Hall–Kier alpha value is -0.0800. The van der Waals surface area contributed by atoms with Crippen LogP contribution in [-0.2, 0) is 0 Å². The topological polar surface area (TPSA) is 15.3 Å². The average molecular weight is 252 g/mol. The van der Waals surface area contributed by atoms with Crippen molar-refractivity contribution in [1.29, 1.82) is 0 Å². The molecule has 0 aromatic rings. The Bertz CT molecular complexity index is 241. The highest BCUT2D eigenvalue weighted by molar-refractivity contribution is 4.96. The zero-order valence-corrected chi connectivity index (χ0v) is 12.7. The van der Waals surface area contributed by atoms with Crippen LogP contribution >= 0.6 is 0 Å². The van der Waals surface area contributed by atoms with E-state index in [1.807, 2.05) is 0 Å². The number of hydrogen-bond acceptors (Lipinski definition) is 2. The zero-order chi connectivity index (χ0) is 13.0. The predicted molar refractivity (Wildman–Crippen MR) is 78.9 cm³/mol. The van der Waals surface area contributed by atoms with Gasteiger partial charge >= 0.3 is 0 Å². The average Bonchev–Trinajstić information content (AvgIpc) is 2.57. The summed E-state index contributed by atoms with van der Waals surface area (Å²) in [5, 5.41) is 3.60. The van der Waals surface area contributed by atoms with Gasteiger partial charge in [0.15, 0.2) is 0 Å². The maximum absolute atomic E-state index is 3.60. The summed E-state index contributed by atoms with van der Waals surface area (Å²) in [5.74, 6) is 0.865. The molecular weight excluding hydrogens is 220 g/mol. The third-order valence-electron chi connectivity index (χ3n) is 5.23. The van der Waals surface area contributed by atoms with Gasteiger partial charge in [0, 0.05) is 12.6 Å². The van der Waals surface area contributed by atoms with E-state index in [4.69, 9.17) is 0 Å². The number of hydrogen-bond donors (Lipinski definition) is 1. The van der Waals surface area contributed by atoms with Crippen LogP contribution in [0.4, 0.5) is 0 Å². The highest BCUT2D eigenvalue weighted by atomic mass is 15.1. The van der Waals surface area contributed by atoms with Crippen LogP contribution in [0.25, 0.3) is 0 Å². The summed E-state index contributed by atoms with van der Waals surface area (Å²) in [4.78, 5) is 2.75. The van der Waals surface area contributed by atoms with Crippen LogP contribution in [0, 0.1) is 11.3 Å². The third-order valence-corrected chi connectivity index (χ3v) is 5.23. The summed E-state index contributed by atoms with van der Waals surface area (Å²) in [5.41, 5.74) is 0.488. The molecule has 2 fully saturated rings. The monoisotopic (exact) mass is 252 g/mol. The van der Waals surface area contributed by atoms with E-state index in [0.29, 0.717) is 11.5 Å². The molecule has 0 aromatic carbocycles. The van der Waals surface area contributed by atoms with Crippen LogP contribution in [-0.4, -0.2) is 37.6 Å². The second-order valence-electron chi connectivity index (χ2n) is 7.12. The Morgan fingerprint density at radius 1 is 1.06 bits per heavy atom. The molecule has 1 saturated carbocycles. The Labute approximate surface area is 114 Å². The van der Waals surface area contributed by atoms with Crippen LogP contribution < -0.4 is 5.32 Å². The minimum Gasteiger partial charge on any atom is -0.316 e. The van der Waals surface area contributed by atoms with Gasteiger partial charge in [0.2, 0.25) is 0 Å². The predicted octanol–water partition coefficient (Wildman–Crippen LogP) is 3.28. The fraction of sp³-hybridized carbons (Fsp3) is 1.00. The molecular formula is C16H32N2. The summed E-state index contributed by atoms with van der Waals surface area (Å²) < 4.78 is 0. The van der Waals surface area contributed by atoms with E-state index < -0.39 is 0 Å². The molecule has 18 heavy (non-hydrogen) atoms. The second kappa shape index (κ2) is 6.38. The Balaban J connectivity index is 1.87. The van der Waals surface area contributed by atoms with E-state index in [2.05, 4.69) is 31.1 Å². The molecule has 1 aliphatic heterocycles. The molecule has 1 saturated heterocycles. The van der Waals surface area contributed by atoms with E-state index >= 15 is 0 Å². The second-order valence-corrected chi connectivity index (χ2v) is 7.12. The molecule has 1 N–H and O–H groups in total. The smallest absolute Gasteiger partial charge is 0.0156 e. The quantitative estimate of drug-likeness (QED) is 0.829. The van der Waals surface area contributed by atoms with Gasteiger partial charge in [0.1, 0.15) is 0 Å². The lowest BCUT2D eigenvalue weighted by Crippen LogP contribution is -2.44. The van der Waals surface area contributed by atoms with Crippen LogP contribution in [0.15, 0.2) is 0 Å². The standard InChI is InChI=1S/C16H32N2/c1-16(2)10-9-14(15(16)17-3)13-18-11-7-5-4-6-8-12-18/h14-15,17H,4-13H2,1-3H3. The Morgan fingerprint density at radius 3 is 2.28 bits per heavy atom. The van der Waals surface area contributed by atoms with Gasteiger partial charge in [0.05, 0.1) is 0 Å². The zero-order valence-electron chi connectivity index (χ0n) is 12.7. The van der Waals surface area contributed by atoms with Gasteiger partial charge in [-0.05, 0) is 57.2 Å². The Kier molecular flexibility index (Phi) is 5.08. The van der Waals surface area contributed by atoms with Crippen LogP contribution in [0.3, 0.4) is 0 Å². The summed E-state index contributed by atoms with van der Waals surface area (Å²) in [6.07, 6.45) is 9.99. The molecule has 0 radical (unpaired) electrons. The number of likely N-dealkylation sites (tertiary alicyclic amines) is 1. The summed E-state index contributed by atoms with van der Waals surface area (Å²) in [7, 11) is 2.15. The van der Waals surface area contributed by atoms with Crippen molar-refractivity contribution in [2.24, 2.45) is 11.3 Å². The minimum absolute atomic E-state index is 0.488. The molecule has 0 aromatic heterocycles. The normalized spacial score (nSPS) is 34.2. The van der Waals surface area contributed by atoms with Crippen molar-refractivity contribution < 1.29 is 0 Å². The molecule has 0 bridgehead atoms. The highest BCUT2D eigenvalue weighted by Crippen LogP contribution is 2.41. The van der Waals surface area contributed by atoms with E-state index in [1.54, 1.807) is 0 Å². The fourth-order valence-corrected chi connectivity index (χ4v) is 4.17. The van der Waals surface area contributed by atoms with Crippen molar-refractivity contribution in [1.82, 2.24) is 10.2 Å². The molecule has 2 atom stereocenters. The molecule has 1 heterocycles. The number of nitrogens with one attached hydrogen (secondary N) is 1. The van der Waals surface area contributed by atoms with E-state index in [-0.39, 0.29) is 0 Å². The molecule has 2 unspecified atom stereocenters. The third kappa shape index (κ3) is 3.48. The van der Waals surface area contributed by atoms with Crippen LogP contribution in [0.2, 0.25) is 0 Å². The van der Waals surface area contributed by atoms with Crippen molar-refractivity contribution >= 4 is 0 Å². The van der Waals surface area contributed by atoms with Gasteiger partial charge in [-0.1, -0.05) is 33.1 Å². The molecule has 0 spiro atoms. The maximum atomic E-state index is 3.60. The largest absolute Gasteiger partial charge is 0.316 e. The number of rotatable bonds is 3.